The number of carboxylic acids is 1. The van der Waals surface area contributed by atoms with E-state index in [4.69, 9.17) is 52.5 Å². The number of unbranched alkanes of at least 4 members (excludes halogenated alkanes) is 10. The molecule has 0 radical (unpaired) electrons. The molecule has 0 amide bonds. The second-order valence-corrected chi connectivity index (χ2v) is 11.5. The number of esters is 1. The Hall–Kier alpha value is -1.42. The van der Waals surface area contributed by atoms with Crippen LogP contribution in [0.2, 0.25) is 0 Å². The topological polar surface area (TPSA) is 147 Å². The van der Waals surface area contributed by atoms with E-state index in [0.717, 1.165) is 13.0 Å². The molecular formula is C36H70O13. The number of hydrogen-bond acceptors (Lipinski definition) is 12. The number of rotatable bonds is 43. The van der Waals surface area contributed by atoms with Crippen LogP contribution in [0.15, 0.2) is 0 Å². The minimum Gasteiger partial charge on any atom is -0.481 e. The summed E-state index contributed by atoms with van der Waals surface area (Å²) in [6.07, 6.45) is 14.6. The summed E-state index contributed by atoms with van der Waals surface area (Å²) < 4.78 is 54.4. The highest BCUT2D eigenvalue weighted by molar-refractivity contribution is 5.69. The quantitative estimate of drug-likeness (QED) is 0.0650. The van der Waals surface area contributed by atoms with Crippen LogP contribution in [-0.2, 0) is 57.0 Å². The molecule has 292 valence electrons. The van der Waals surface area contributed by atoms with Crippen molar-refractivity contribution in [3.8, 4) is 0 Å². The fourth-order valence-corrected chi connectivity index (χ4v) is 4.39. The van der Waals surface area contributed by atoms with Crippen molar-refractivity contribution >= 4 is 11.9 Å². The van der Waals surface area contributed by atoms with Gasteiger partial charge in [0.25, 0.3) is 0 Å². The van der Waals surface area contributed by atoms with Crippen LogP contribution in [0, 0.1) is 0 Å². The Morgan fingerprint density at radius 2 is 0.633 bits per heavy atom. The highest BCUT2D eigenvalue weighted by Gasteiger charge is 2.04. The zero-order valence-corrected chi connectivity index (χ0v) is 30.7. The van der Waals surface area contributed by atoms with E-state index in [1.807, 2.05) is 0 Å². The van der Waals surface area contributed by atoms with E-state index >= 15 is 0 Å². The molecule has 0 fully saturated rings. The van der Waals surface area contributed by atoms with Crippen molar-refractivity contribution < 1.29 is 62.1 Å². The maximum absolute atomic E-state index is 11.5. The van der Waals surface area contributed by atoms with Gasteiger partial charge < -0.3 is 52.5 Å². The Morgan fingerprint density at radius 3 is 0.980 bits per heavy atom. The van der Waals surface area contributed by atoms with Gasteiger partial charge in [0, 0.05) is 19.4 Å². The number of carbonyl (C=O) groups excluding carboxylic acids is 1. The monoisotopic (exact) mass is 710 g/mol. The first kappa shape index (κ1) is 47.6. The van der Waals surface area contributed by atoms with Crippen molar-refractivity contribution in [2.45, 2.75) is 96.8 Å². The van der Waals surface area contributed by atoms with Crippen molar-refractivity contribution in [1.29, 1.82) is 0 Å². The highest BCUT2D eigenvalue weighted by atomic mass is 16.6. The Kier molecular flexibility index (Phi) is 41.5. The molecule has 13 nitrogen and oxygen atoms in total. The minimum absolute atomic E-state index is 0.0635. The molecule has 0 bridgehead atoms. The number of carbonyl (C=O) groups is 2. The van der Waals surface area contributed by atoms with Crippen molar-refractivity contribution in [3.63, 3.8) is 0 Å². The summed E-state index contributed by atoms with van der Waals surface area (Å²) >= 11 is 0. The van der Waals surface area contributed by atoms with Gasteiger partial charge in [0.05, 0.1) is 112 Å². The standard InChI is InChI=1S/C36H70O13/c1-2-3-4-5-6-7-8-9-10-13-16-40-17-18-41-19-20-42-21-22-43-23-24-44-25-26-45-27-28-46-29-30-47-31-32-48-33-34-49-36(39)15-12-11-14-35(37)38/h2-34H2,1H3,(H,37,38). The van der Waals surface area contributed by atoms with E-state index in [2.05, 4.69) is 6.92 Å². The van der Waals surface area contributed by atoms with E-state index in [1.54, 1.807) is 0 Å². The average molecular weight is 711 g/mol. The normalized spacial score (nSPS) is 11.4. The summed E-state index contributed by atoms with van der Waals surface area (Å²) in [5.74, 6) is -1.20. The molecule has 13 heteroatoms. The molecular weight excluding hydrogens is 640 g/mol. The van der Waals surface area contributed by atoms with Crippen molar-refractivity contribution in [2.75, 3.05) is 126 Å². The minimum atomic E-state index is -0.860. The molecule has 0 aromatic heterocycles. The van der Waals surface area contributed by atoms with Crippen LogP contribution in [0.25, 0.3) is 0 Å². The third-order valence-corrected chi connectivity index (χ3v) is 7.13. The van der Waals surface area contributed by atoms with Gasteiger partial charge in [-0.25, -0.2) is 0 Å². The first-order valence-electron chi connectivity index (χ1n) is 18.7. The van der Waals surface area contributed by atoms with Gasteiger partial charge >= 0.3 is 11.9 Å². The van der Waals surface area contributed by atoms with Crippen molar-refractivity contribution in [3.05, 3.63) is 0 Å². The van der Waals surface area contributed by atoms with E-state index in [0.29, 0.717) is 119 Å². The number of aliphatic carboxylic acids is 1. The lowest BCUT2D eigenvalue weighted by atomic mass is 10.1. The van der Waals surface area contributed by atoms with Gasteiger partial charge in [-0.15, -0.1) is 0 Å². The first-order valence-corrected chi connectivity index (χ1v) is 18.7. The van der Waals surface area contributed by atoms with Crippen LogP contribution in [0.5, 0.6) is 0 Å². The molecule has 0 aliphatic heterocycles. The van der Waals surface area contributed by atoms with Gasteiger partial charge in [0.2, 0.25) is 0 Å². The zero-order valence-electron chi connectivity index (χ0n) is 30.7. The van der Waals surface area contributed by atoms with E-state index < -0.39 is 5.97 Å². The Balaban J connectivity index is 3.09. The van der Waals surface area contributed by atoms with Crippen LogP contribution >= 0.6 is 0 Å². The van der Waals surface area contributed by atoms with Crippen molar-refractivity contribution in [2.24, 2.45) is 0 Å². The summed E-state index contributed by atoms with van der Waals surface area (Å²) in [5, 5.41) is 8.55. The van der Waals surface area contributed by atoms with Crippen LogP contribution in [0.1, 0.15) is 96.8 Å². The molecule has 0 rings (SSSR count). The van der Waals surface area contributed by atoms with Gasteiger partial charge in [-0.3, -0.25) is 9.59 Å². The van der Waals surface area contributed by atoms with Gasteiger partial charge in [0.1, 0.15) is 6.61 Å². The molecule has 0 aromatic carbocycles. The number of ether oxygens (including phenoxy) is 10. The van der Waals surface area contributed by atoms with E-state index in [-0.39, 0.29) is 32.0 Å². The predicted molar refractivity (Wildman–Crippen MR) is 186 cm³/mol. The van der Waals surface area contributed by atoms with Gasteiger partial charge in [-0.05, 0) is 19.3 Å². The summed E-state index contributed by atoms with van der Waals surface area (Å²) in [6, 6.07) is 0. The molecule has 0 aliphatic carbocycles. The van der Waals surface area contributed by atoms with Gasteiger partial charge in [-0.1, -0.05) is 64.7 Å². The maximum Gasteiger partial charge on any atom is 0.305 e. The predicted octanol–water partition coefficient (Wildman–Crippen LogP) is 5.24. The molecule has 0 heterocycles. The average Bonchev–Trinajstić information content (AvgIpc) is 3.09. The largest absolute Gasteiger partial charge is 0.481 e. The fourth-order valence-electron chi connectivity index (χ4n) is 4.39. The van der Waals surface area contributed by atoms with E-state index in [1.165, 1.54) is 57.8 Å². The molecule has 0 saturated carbocycles. The molecule has 0 aliphatic rings. The second kappa shape index (κ2) is 42.7. The summed E-state index contributed by atoms with van der Waals surface area (Å²) in [4.78, 5) is 21.9. The smallest absolute Gasteiger partial charge is 0.305 e. The zero-order chi connectivity index (χ0) is 35.6. The molecule has 0 aromatic rings. The van der Waals surface area contributed by atoms with Crippen molar-refractivity contribution in [1.82, 2.24) is 0 Å². The molecule has 1 N–H and O–H groups in total. The number of carboxylic acid groups (broad SMARTS) is 1. The molecule has 49 heavy (non-hydrogen) atoms. The molecule has 0 saturated heterocycles. The lowest BCUT2D eigenvalue weighted by molar-refractivity contribution is -0.146. The lowest BCUT2D eigenvalue weighted by Crippen LogP contribution is -2.15. The Labute approximate surface area is 296 Å². The second-order valence-electron chi connectivity index (χ2n) is 11.5. The van der Waals surface area contributed by atoms with Crippen LogP contribution in [0.3, 0.4) is 0 Å². The molecule has 0 unspecified atom stereocenters. The summed E-state index contributed by atoms with van der Waals surface area (Å²) in [6.45, 7) is 11.6. The Morgan fingerprint density at radius 1 is 0.347 bits per heavy atom. The fraction of sp³-hybridized carbons (Fsp3) is 0.944. The third kappa shape index (κ3) is 44.6. The van der Waals surface area contributed by atoms with Gasteiger partial charge in [0.15, 0.2) is 0 Å². The number of hydrogen-bond donors (Lipinski definition) is 1. The summed E-state index contributed by atoms with van der Waals surface area (Å²) in [7, 11) is 0. The van der Waals surface area contributed by atoms with Crippen LogP contribution < -0.4 is 0 Å². The SMILES string of the molecule is CCCCCCCCCCCCOCCOCCOCCOCCOCCOCCOCCOCCOCCOC(=O)CCCCC(=O)O. The van der Waals surface area contributed by atoms with E-state index in [9.17, 15) is 9.59 Å². The maximum atomic E-state index is 11.5. The van der Waals surface area contributed by atoms with Crippen LogP contribution in [0.4, 0.5) is 0 Å². The third-order valence-electron chi connectivity index (χ3n) is 7.13. The molecule has 0 atom stereocenters. The van der Waals surface area contributed by atoms with Gasteiger partial charge in [-0.2, -0.15) is 0 Å². The summed E-state index contributed by atoms with van der Waals surface area (Å²) in [5.41, 5.74) is 0. The highest BCUT2D eigenvalue weighted by Crippen LogP contribution is 2.10. The molecule has 0 spiro atoms. The first-order chi connectivity index (χ1) is 24.2. The lowest BCUT2D eigenvalue weighted by Gasteiger charge is -2.09. The Bertz CT molecular complexity index is 669. The van der Waals surface area contributed by atoms with Crippen LogP contribution in [-0.4, -0.2) is 143 Å².